The minimum Gasteiger partial charge on any atom is -0.481 e. The fourth-order valence-electron chi connectivity index (χ4n) is 3.05. The Morgan fingerprint density at radius 2 is 2.04 bits per heavy atom. The Hall–Kier alpha value is -2.70. The summed E-state index contributed by atoms with van der Waals surface area (Å²) in [5, 5.41) is 13.0. The van der Waals surface area contributed by atoms with Gasteiger partial charge in [0.05, 0.1) is 5.92 Å². The van der Waals surface area contributed by atoms with E-state index in [2.05, 4.69) is 24.0 Å². The zero-order valence-corrected chi connectivity index (χ0v) is 15.0. The molecule has 7 heteroatoms. The van der Waals surface area contributed by atoms with E-state index in [1.54, 1.807) is 4.90 Å². The Bertz CT molecular complexity index is 782. The number of aromatic nitrogens is 2. The molecule has 1 N–H and O–H groups in total. The topological polar surface area (TPSA) is 96.5 Å². The summed E-state index contributed by atoms with van der Waals surface area (Å²) in [7, 11) is 0. The average molecular weight is 357 g/mol. The van der Waals surface area contributed by atoms with Crippen molar-refractivity contribution in [2.24, 2.45) is 5.92 Å². The standard InChI is InChI=1S/C19H23N3O4/c1-12(2)13-3-5-14(6-4-13)18-20-16(26-21-18)7-8-17(23)22-10-9-15(11-22)19(24)25/h3-6,12,15H,7-11H2,1-2H3,(H,24,25)/t15-/m1/s1. The number of nitrogens with zero attached hydrogens (tertiary/aromatic N) is 3. The highest BCUT2D eigenvalue weighted by molar-refractivity contribution is 5.78. The van der Waals surface area contributed by atoms with Crippen LogP contribution in [0.3, 0.4) is 0 Å². The molecule has 1 aromatic carbocycles. The number of hydrogen-bond donors (Lipinski definition) is 1. The first-order chi connectivity index (χ1) is 12.4. The first-order valence-corrected chi connectivity index (χ1v) is 8.87. The van der Waals surface area contributed by atoms with Gasteiger partial charge in [0.25, 0.3) is 0 Å². The van der Waals surface area contributed by atoms with Gasteiger partial charge in [-0.2, -0.15) is 4.98 Å². The van der Waals surface area contributed by atoms with Crippen LogP contribution in [0.4, 0.5) is 0 Å². The second-order valence-corrected chi connectivity index (χ2v) is 6.95. The van der Waals surface area contributed by atoms with Crippen molar-refractivity contribution < 1.29 is 19.2 Å². The van der Waals surface area contributed by atoms with E-state index < -0.39 is 11.9 Å². The van der Waals surface area contributed by atoms with Crippen LogP contribution < -0.4 is 0 Å². The van der Waals surface area contributed by atoms with Gasteiger partial charge in [0.15, 0.2) is 0 Å². The van der Waals surface area contributed by atoms with E-state index in [-0.39, 0.29) is 18.9 Å². The number of carbonyl (C=O) groups excluding carboxylic acids is 1. The lowest BCUT2D eigenvalue weighted by atomic mass is 10.0. The Balaban J connectivity index is 1.55. The highest BCUT2D eigenvalue weighted by Crippen LogP contribution is 2.21. The van der Waals surface area contributed by atoms with Gasteiger partial charge in [0.1, 0.15) is 0 Å². The van der Waals surface area contributed by atoms with E-state index in [1.807, 2.05) is 24.3 Å². The molecule has 0 spiro atoms. The smallest absolute Gasteiger partial charge is 0.308 e. The van der Waals surface area contributed by atoms with Crippen molar-refractivity contribution in [1.29, 1.82) is 0 Å². The molecule has 2 heterocycles. The molecule has 0 aliphatic carbocycles. The van der Waals surface area contributed by atoms with Gasteiger partial charge in [-0.25, -0.2) is 0 Å². The summed E-state index contributed by atoms with van der Waals surface area (Å²) < 4.78 is 5.24. The largest absolute Gasteiger partial charge is 0.481 e. The number of benzene rings is 1. The number of carbonyl (C=O) groups is 2. The maximum Gasteiger partial charge on any atom is 0.308 e. The third kappa shape index (κ3) is 4.09. The number of likely N-dealkylation sites (tertiary alicyclic amines) is 1. The molecular formula is C19H23N3O4. The van der Waals surface area contributed by atoms with Crippen molar-refractivity contribution in [3.8, 4) is 11.4 Å². The second-order valence-electron chi connectivity index (χ2n) is 6.95. The lowest BCUT2D eigenvalue weighted by molar-refractivity contribution is -0.141. The number of amides is 1. The predicted octanol–water partition coefficient (Wildman–Crippen LogP) is 2.73. The molecular weight excluding hydrogens is 334 g/mol. The molecule has 3 rings (SSSR count). The first-order valence-electron chi connectivity index (χ1n) is 8.87. The number of rotatable bonds is 6. The van der Waals surface area contributed by atoms with E-state index in [1.165, 1.54) is 5.56 Å². The molecule has 1 atom stereocenters. The summed E-state index contributed by atoms with van der Waals surface area (Å²) in [6.45, 7) is 5.05. The Morgan fingerprint density at radius 3 is 2.65 bits per heavy atom. The molecule has 0 unspecified atom stereocenters. The fraction of sp³-hybridized carbons (Fsp3) is 0.474. The maximum absolute atomic E-state index is 12.2. The predicted molar refractivity (Wildman–Crippen MR) is 94.5 cm³/mol. The lowest BCUT2D eigenvalue weighted by Crippen LogP contribution is -2.30. The third-order valence-electron chi connectivity index (χ3n) is 4.75. The van der Waals surface area contributed by atoms with Crippen molar-refractivity contribution in [2.75, 3.05) is 13.1 Å². The highest BCUT2D eigenvalue weighted by atomic mass is 16.5. The van der Waals surface area contributed by atoms with Gasteiger partial charge >= 0.3 is 5.97 Å². The number of hydrogen-bond acceptors (Lipinski definition) is 5. The van der Waals surface area contributed by atoms with Gasteiger partial charge in [-0.1, -0.05) is 43.3 Å². The van der Waals surface area contributed by atoms with Crippen molar-refractivity contribution >= 4 is 11.9 Å². The van der Waals surface area contributed by atoms with Crippen LogP contribution in [0.2, 0.25) is 0 Å². The average Bonchev–Trinajstić information content (AvgIpc) is 3.29. The molecule has 0 bridgehead atoms. The van der Waals surface area contributed by atoms with Crippen LogP contribution in [-0.2, 0) is 16.0 Å². The minimum atomic E-state index is -0.842. The lowest BCUT2D eigenvalue weighted by Gasteiger charge is -2.14. The number of carboxylic acids is 1. The second kappa shape index (κ2) is 7.68. The normalized spacial score (nSPS) is 17.0. The first kappa shape index (κ1) is 18.1. The van der Waals surface area contributed by atoms with Crippen molar-refractivity contribution in [3.05, 3.63) is 35.7 Å². The summed E-state index contributed by atoms with van der Waals surface area (Å²) in [5.41, 5.74) is 2.12. The molecule has 1 aliphatic rings. The van der Waals surface area contributed by atoms with Crippen LogP contribution in [0.15, 0.2) is 28.8 Å². The van der Waals surface area contributed by atoms with Crippen LogP contribution in [0.5, 0.6) is 0 Å². The molecule has 138 valence electrons. The molecule has 1 aromatic heterocycles. The maximum atomic E-state index is 12.2. The molecule has 7 nitrogen and oxygen atoms in total. The summed E-state index contributed by atoms with van der Waals surface area (Å²) in [4.78, 5) is 29.1. The summed E-state index contributed by atoms with van der Waals surface area (Å²) >= 11 is 0. The van der Waals surface area contributed by atoms with E-state index >= 15 is 0 Å². The highest BCUT2D eigenvalue weighted by Gasteiger charge is 2.30. The molecule has 0 radical (unpaired) electrons. The van der Waals surface area contributed by atoms with Gasteiger partial charge in [-0.3, -0.25) is 9.59 Å². The summed E-state index contributed by atoms with van der Waals surface area (Å²) in [6.07, 6.45) is 1.10. The molecule has 2 aromatic rings. The van der Waals surface area contributed by atoms with Crippen LogP contribution in [0, 0.1) is 5.92 Å². The van der Waals surface area contributed by atoms with Crippen LogP contribution in [-0.4, -0.2) is 45.1 Å². The quantitative estimate of drug-likeness (QED) is 0.854. The summed E-state index contributed by atoms with van der Waals surface area (Å²) in [6, 6.07) is 8.02. The molecule has 0 saturated carbocycles. The number of carboxylic acid groups (broad SMARTS) is 1. The van der Waals surface area contributed by atoms with Crippen molar-refractivity contribution in [1.82, 2.24) is 15.0 Å². The van der Waals surface area contributed by atoms with Gasteiger partial charge in [-0.15, -0.1) is 0 Å². The van der Waals surface area contributed by atoms with Crippen molar-refractivity contribution in [2.45, 2.75) is 39.0 Å². The van der Waals surface area contributed by atoms with E-state index in [0.717, 1.165) is 5.56 Å². The third-order valence-corrected chi connectivity index (χ3v) is 4.75. The fourth-order valence-corrected chi connectivity index (χ4v) is 3.05. The Morgan fingerprint density at radius 1 is 1.31 bits per heavy atom. The van der Waals surface area contributed by atoms with Gasteiger partial charge in [-0.05, 0) is 17.9 Å². The zero-order valence-electron chi connectivity index (χ0n) is 15.0. The Labute approximate surface area is 152 Å². The molecule has 1 fully saturated rings. The van der Waals surface area contributed by atoms with E-state index in [0.29, 0.717) is 37.0 Å². The van der Waals surface area contributed by atoms with Gasteiger partial charge < -0.3 is 14.5 Å². The Kier molecular flexibility index (Phi) is 5.35. The molecule has 26 heavy (non-hydrogen) atoms. The van der Waals surface area contributed by atoms with E-state index in [4.69, 9.17) is 9.63 Å². The molecule has 1 saturated heterocycles. The summed E-state index contributed by atoms with van der Waals surface area (Å²) in [5.74, 6) is 0.00947. The van der Waals surface area contributed by atoms with Gasteiger partial charge in [0, 0.05) is 31.5 Å². The van der Waals surface area contributed by atoms with Gasteiger partial charge in [0.2, 0.25) is 17.6 Å². The van der Waals surface area contributed by atoms with Crippen LogP contribution in [0.25, 0.3) is 11.4 Å². The van der Waals surface area contributed by atoms with Crippen LogP contribution in [0.1, 0.15) is 44.1 Å². The van der Waals surface area contributed by atoms with E-state index in [9.17, 15) is 9.59 Å². The molecule has 1 aliphatic heterocycles. The monoisotopic (exact) mass is 357 g/mol. The SMILES string of the molecule is CC(C)c1ccc(-c2noc(CCC(=O)N3CC[C@@H](C(=O)O)C3)n2)cc1. The number of aryl methyl sites for hydroxylation is 1. The zero-order chi connectivity index (χ0) is 18.7. The minimum absolute atomic E-state index is 0.0743. The van der Waals surface area contributed by atoms with Crippen molar-refractivity contribution in [3.63, 3.8) is 0 Å². The molecule has 1 amide bonds. The van der Waals surface area contributed by atoms with Crippen LogP contribution >= 0.6 is 0 Å². The number of aliphatic carboxylic acids is 1.